The lowest BCUT2D eigenvalue weighted by Gasteiger charge is -2.32. The average Bonchev–Trinajstić information content (AvgIpc) is 3.26. The van der Waals surface area contributed by atoms with E-state index in [1.807, 2.05) is 62.6 Å². The number of nitrogens with one attached hydrogen (secondary N) is 3. The smallest absolute Gasteiger partial charge is 0.323 e. The fraction of sp³-hybridized carbons (Fsp3) is 0.448. The van der Waals surface area contributed by atoms with E-state index in [2.05, 4.69) is 44.6 Å². The maximum absolute atomic E-state index is 12.6. The van der Waals surface area contributed by atoms with Gasteiger partial charge in [0.05, 0.1) is 12.2 Å². The van der Waals surface area contributed by atoms with Crippen molar-refractivity contribution in [2.75, 3.05) is 61.2 Å². The number of likely N-dealkylation sites (N-methyl/N-ethyl adjacent to an activating group) is 1. The number of carbonyl (C=O) groups excluding carboxylic acids is 1. The maximum Gasteiger partial charge on any atom is 0.323 e. The Morgan fingerprint density at radius 2 is 1.60 bits per heavy atom. The average molecular weight is 547 g/mol. The second-order valence-corrected chi connectivity index (χ2v) is 10.8. The molecule has 3 heterocycles. The Morgan fingerprint density at radius 1 is 0.975 bits per heavy atom. The molecule has 3 N–H and O–H groups in total. The largest absolute Gasteiger partial charge is 0.492 e. The molecular weight excluding hydrogens is 508 g/mol. The van der Waals surface area contributed by atoms with Crippen LogP contribution < -0.4 is 25.6 Å². The van der Waals surface area contributed by atoms with E-state index in [1.54, 1.807) is 0 Å². The Balaban J connectivity index is 1.22. The molecule has 2 unspecified atom stereocenters. The van der Waals surface area contributed by atoms with E-state index >= 15 is 0 Å². The number of morpholine rings is 1. The van der Waals surface area contributed by atoms with E-state index in [1.165, 1.54) is 0 Å². The molecule has 2 atom stereocenters. The Morgan fingerprint density at radius 3 is 2.20 bits per heavy atom. The second kappa shape index (κ2) is 12.5. The van der Waals surface area contributed by atoms with Crippen LogP contribution in [0.1, 0.15) is 26.7 Å². The van der Waals surface area contributed by atoms with E-state index in [4.69, 9.17) is 19.4 Å². The van der Waals surface area contributed by atoms with Gasteiger partial charge in [-0.15, -0.1) is 0 Å². The lowest BCUT2D eigenvalue weighted by Crippen LogP contribution is -2.43. The number of anilines is 4. The zero-order valence-electron chi connectivity index (χ0n) is 23.6. The van der Waals surface area contributed by atoms with Gasteiger partial charge in [-0.1, -0.05) is 0 Å². The molecule has 5 rings (SSSR count). The summed E-state index contributed by atoms with van der Waals surface area (Å²) in [5.41, 5.74) is 2.17. The normalized spacial score (nSPS) is 18.2. The van der Waals surface area contributed by atoms with Gasteiger partial charge in [-0.2, -0.15) is 15.0 Å². The molecular formula is C29H38N8O3. The molecule has 212 valence electrons. The van der Waals surface area contributed by atoms with E-state index in [0.29, 0.717) is 35.7 Å². The monoisotopic (exact) mass is 546 g/mol. The van der Waals surface area contributed by atoms with Crippen LogP contribution in [0, 0.1) is 0 Å². The SMILES string of the molecule is CC(C)Nc1nc(-c2ccc(NC(=O)Nc3ccc(OCCN(C)C)cc3)cc2)nc(N2CC3CCC(C2)O3)n1. The molecule has 2 aliphatic rings. The predicted octanol–water partition coefficient (Wildman–Crippen LogP) is 4.31. The van der Waals surface area contributed by atoms with Gasteiger partial charge in [-0.25, -0.2) is 4.79 Å². The molecule has 2 aromatic carbocycles. The molecule has 2 amide bonds. The number of hydrogen-bond donors (Lipinski definition) is 3. The van der Waals surface area contributed by atoms with Gasteiger partial charge in [-0.3, -0.25) is 0 Å². The first kappa shape index (κ1) is 27.6. The fourth-order valence-electron chi connectivity index (χ4n) is 4.71. The topological polar surface area (TPSA) is 117 Å². The van der Waals surface area contributed by atoms with Crippen LogP contribution in [0.4, 0.5) is 28.1 Å². The van der Waals surface area contributed by atoms with Crippen molar-refractivity contribution in [2.45, 2.75) is 44.9 Å². The van der Waals surface area contributed by atoms with Gasteiger partial charge < -0.3 is 35.2 Å². The lowest BCUT2D eigenvalue weighted by molar-refractivity contribution is 0.0299. The van der Waals surface area contributed by atoms with Gasteiger partial charge >= 0.3 is 6.03 Å². The Kier molecular flexibility index (Phi) is 8.61. The van der Waals surface area contributed by atoms with Crippen molar-refractivity contribution in [2.24, 2.45) is 0 Å². The summed E-state index contributed by atoms with van der Waals surface area (Å²) in [6.45, 7) is 7.11. The summed E-state index contributed by atoms with van der Waals surface area (Å²) in [7, 11) is 4.00. The van der Waals surface area contributed by atoms with Crippen molar-refractivity contribution in [3.05, 3.63) is 48.5 Å². The molecule has 11 nitrogen and oxygen atoms in total. The molecule has 0 radical (unpaired) electrons. The standard InChI is InChI=1S/C29H38N8O3/c1-19(2)30-27-33-26(34-28(35-27)37-17-24-13-14-25(18-37)40-24)20-5-7-21(8-6-20)31-29(38)32-22-9-11-23(12-10-22)39-16-15-36(3)4/h5-12,19,24-25H,13-18H2,1-4H3,(H2,31,32,38)(H,30,33,34,35). The number of rotatable bonds is 10. The summed E-state index contributed by atoms with van der Waals surface area (Å²) in [4.78, 5) is 31.0. The number of aromatic nitrogens is 3. The highest BCUT2D eigenvalue weighted by atomic mass is 16.5. The number of ether oxygens (including phenoxy) is 2. The van der Waals surface area contributed by atoms with Gasteiger partial charge in [0.15, 0.2) is 5.82 Å². The quantitative estimate of drug-likeness (QED) is 0.342. The van der Waals surface area contributed by atoms with Crippen molar-refractivity contribution in [1.82, 2.24) is 19.9 Å². The highest BCUT2D eigenvalue weighted by Gasteiger charge is 2.35. The van der Waals surface area contributed by atoms with Gasteiger partial charge in [0.1, 0.15) is 12.4 Å². The molecule has 2 saturated heterocycles. The number of carbonyl (C=O) groups is 1. The summed E-state index contributed by atoms with van der Waals surface area (Å²) >= 11 is 0. The van der Waals surface area contributed by atoms with Gasteiger partial charge in [-0.05, 0) is 89.3 Å². The van der Waals surface area contributed by atoms with Gasteiger partial charge in [0.25, 0.3) is 0 Å². The second-order valence-electron chi connectivity index (χ2n) is 10.8. The first-order valence-electron chi connectivity index (χ1n) is 13.8. The van der Waals surface area contributed by atoms with E-state index in [-0.39, 0.29) is 24.3 Å². The minimum Gasteiger partial charge on any atom is -0.492 e. The fourth-order valence-corrected chi connectivity index (χ4v) is 4.71. The molecule has 0 aliphatic carbocycles. The summed E-state index contributed by atoms with van der Waals surface area (Å²) in [5.74, 6) is 2.54. The molecule has 11 heteroatoms. The molecule has 40 heavy (non-hydrogen) atoms. The third-order valence-electron chi connectivity index (χ3n) is 6.69. The van der Waals surface area contributed by atoms with E-state index in [0.717, 1.165) is 43.8 Å². The van der Waals surface area contributed by atoms with Gasteiger partial charge in [0, 0.05) is 42.6 Å². The Labute approximate surface area is 235 Å². The summed E-state index contributed by atoms with van der Waals surface area (Å²) in [6, 6.07) is 14.6. The third-order valence-corrected chi connectivity index (χ3v) is 6.69. The highest BCUT2D eigenvalue weighted by molar-refractivity contribution is 5.99. The van der Waals surface area contributed by atoms with Crippen molar-refractivity contribution in [3.63, 3.8) is 0 Å². The number of urea groups is 1. The summed E-state index contributed by atoms with van der Waals surface area (Å²) < 4.78 is 11.7. The minimum atomic E-state index is -0.332. The first-order valence-corrected chi connectivity index (χ1v) is 13.8. The molecule has 2 aliphatic heterocycles. The zero-order chi connectivity index (χ0) is 28.1. The van der Waals surface area contributed by atoms with E-state index in [9.17, 15) is 4.79 Å². The van der Waals surface area contributed by atoms with Crippen LogP contribution in [0.3, 0.4) is 0 Å². The van der Waals surface area contributed by atoms with Crippen LogP contribution in [0.25, 0.3) is 11.4 Å². The Bertz CT molecular complexity index is 1270. The van der Waals surface area contributed by atoms with Crippen LogP contribution >= 0.6 is 0 Å². The van der Waals surface area contributed by atoms with Crippen molar-refractivity contribution < 1.29 is 14.3 Å². The van der Waals surface area contributed by atoms with Crippen molar-refractivity contribution in [1.29, 1.82) is 0 Å². The summed E-state index contributed by atoms with van der Waals surface area (Å²) in [6.07, 6.45) is 2.62. The van der Waals surface area contributed by atoms with E-state index < -0.39 is 0 Å². The molecule has 2 bridgehead atoms. The maximum atomic E-state index is 12.6. The van der Waals surface area contributed by atoms with Crippen molar-refractivity contribution in [3.8, 4) is 17.1 Å². The Hall–Kier alpha value is -3.96. The number of amides is 2. The lowest BCUT2D eigenvalue weighted by atomic mass is 10.2. The zero-order valence-corrected chi connectivity index (χ0v) is 23.6. The van der Waals surface area contributed by atoms with Crippen molar-refractivity contribution >= 4 is 29.3 Å². The number of fused-ring (bicyclic) bond motifs is 2. The minimum absolute atomic E-state index is 0.181. The molecule has 2 fully saturated rings. The number of nitrogens with zero attached hydrogens (tertiary/aromatic N) is 5. The van der Waals surface area contributed by atoms with Crippen LogP contribution in [0.5, 0.6) is 5.75 Å². The third kappa shape index (κ3) is 7.36. The molecule has 1 aromatic heterocycles. The molecule has 0 saturated carbocycles. The van der Waals surface area contributed by atoms with Gasteiger partial charge in [0.2, 0.25) is 11.9 Å². The van der Waals surface area contributed by atoms with Crippen LogP contribution in [0.2, 0.25) is 0 Å². The van der Waals surface area contributed by atoms with Crippen LogP contribution in [0.15, 0.2) is 48.5 Å². The highest BCUT2D eigenvalue weighted by Crippen LogP contribution is 2.30. The van der Waals surface area contributed by atoms with Crippen LogP contribution in [-0.4, -0.2) is 84.5 Å². The van der Waals surface area contributed by atoms with Crippen LogP contribution in [-0.2, 0) is 4.74 Å². The number of benzene rings is 2. The predicted molar refractivity (Wildman–Crippen MR) is 157 cm³/mol. The number of hydrogen-bond acceptors (Lipinski definition) is 9. The molecule has 3 aromatic rings. The molecule has 0 spiro atoms. The summed E-state index contributed by atoms with van der Waals surface area (Å²) in [5, 5.41) is 9.04. The first-order chi connectivity index (χ1) is 19.3.